The van der Waals surface area contributed by atoms with Gasteiger partial charge < -0.3 is 11.1 Å². The first-order valence-electron chi connectivity index (χ1n) is 4.78. The fourth-order valence-corrected chi connectivity index (χ4v) is 1.26. The molecule has 3 nitrogen and oxygen atoms in total. The minimum absolute atomic E-state index is 0.127. The Labute approximate surface area is 81.1 Å². The van der Waals surface area contributed by atoms with Gasteiger partial charge in [0.05, 0.1) is 6.04 Å². The van der Waals surface area contributed by atoms with E-state index in [2.05, 4.69) is 26.1 Å². The van der Waals surface area contributed by atoms with Crippen LogP contribution < -0.4 is 11.1 Å². The summed E-state index contributed by atoms with van der Waals surface area (Å²) >= 11 is 0. The molecule has 0 aliphatic heterocycles. The van der Waals surface area contributed by atoms with E-state index in [0.29, 0.717) is 6.04 Å². The second-order valence-electron chi connectivity index (χ2n) is 5.04. The standard InChI is InChI=1S/C10H22N2O/c1-7(2)12-8(9(11)13)6-10(3,4)5/h7-8,12H,6H2,1-5H3,(H2,11,13)/t8-/m0/s1. The number of nitrogens with two attached hydrogens (primary N) is 1. The number of primary amides is 1. The van der Waals surface area contributed by atoms with E-state index in [1.165, 1.54) is 0 Å². The predicted octanol–water partition coefficient (Wildman–Crippen LogP) is 1.27. The topological polar surface area (TPSA) is 55.1 Å². The SMILES string of the molecule is CC(C)N[C@@H](CC(C)(C)C)C(N)=O. The van der Waals surface area contributed by atoms with Crippen molar-refractivity contribution in [2.24, 2.45) is 11.1 Å². The Bertz CT molecular complexity index is 170. The van der Waals surface area contributed by atoms with Crippen molar-refractivity contribution in [1.29, 1.82) is 0 Å². The van der Waals surface area contributed by atoms with Crippen molar-refractivity contribution in [2.45, 2.75) is 53.1 Å². The summed E-state index contributed by atoms with van der Waals surface area (Å²) in [6.07, 6.45) is 0.778. The number of nitrogens with one attached hydrogen (secondary N) is 1. The fourth-order valence-electron chi connectivity index (χ4n) is 1.26. The van der Waals surface area contributed by atoms with Crippen molar-refractivity contribution in [1.82, 2.24) is 5.32 Å². The maximum Gasteiger partial charge on any atom is 0.234 e. The lowest BCUT2D eigenvalue weighted by molar-refractivity contribution is -0.120. The molecule has 0 aromatic heterocycles. The Morgan fingerprint density at radius 3 is 2.08 bits per heavy atom. The summed E-state index contributed by atoms with van der Waals surface area (Å²) in [6.45, 7) is 10.3. The molecule has 0 aromatic carbocycles. The quantitative estimate of drug-likeness (QED) is 0.694. The van der Waals surface area contributed by atoms with Gasteiger partial charge in [-0.3, -0.25) is 4.79 Å². The third kappa shape index (κ3) is 6.58. The summed E-state index contributed by atoms with van der Waals surface area (Å²) in [7, 11) is 0. The van der Waals surface area contributed by atoms with E-state index >= 15 is 0 Å². The molecule has 0 aliphatic carbocycles. The van der Waals surface area contributed by atoms with E-state index in [1.54, 1.807) is 0 Å². The average molecular weight is 186 g/mol. The zero-order valence-electron chi connectivity index (χ0n) is 9.35. The van der Waals surface area contributed by atoms with Gasteiger partial charge in [0.25, 0.3) is 0 Å². The van der Waals surface area contributed by atoms with Gasteiger partial charge in [-0.25, -0.2) is 0 Å². The van der Waals surface area contributed by atoms with Crippen LogP contribution >= 0.6 is 0 Å². The molecule has 0 aliphatic rings. The highest BCUT2D eigenvalue weighted by atomic mass is 16.1. The fraction of sp³-hybridized carbons (Fsp3) is 0.900. The predicted molar refractivity (Wildman–Crippen MR) is 55.3 cm³/mol. The number of rotatable bonds is 4. The van der Waals surface area contributed by atoms with Crippen molar-refractivity contribution >= 4 is 5.91 Å². The van der Waals surface area contributed by atoms with Gasteiger partial charge in [-0.05, 0) is 11.8 Å². The van der Waals surface area contributed by atoms with Crippen LogP contribution in [0.15, 0.2) is 0 Å². The van der Waals surface area contributed by atoms with Crippen LogP contribution in [0.25, 0.3) is 0 Å². The van der Waals surface area contributed by atoms with Crippen molar-refractivity contribution in [3.63, 3.8) is 0 Å². The van der Waals surface area contributed by atoms with Crippen LogP contribution in [0.2, 0.25) is 0 Å². The molecule has 0 unspecified atom stereocenters. The molecule has 0 rings (SSSR count). The highest BCUT2D eigenvalue weighted by Crippen LogP contribution is 2.20. The highest BCUT2D eigenvalue weighted by Gasteiger charge is 2.22. The summed E-state index contributed by atoms with van der Waals surface area (Å²) < 4.78 is 0. The molecule has 0 saturated heterocycles. The van der Waals surface area contributed by atoms with Crippen LogP contribution in [0.5, 0.6) is 0 Å². The minimum Gasteiger partial charge on any atom is -0.368 e. The molecule has 1 amide bonds. The maximum absolute atomic E-state index is 11.1. The maximum atomic E-state index is 11.1. The van der Waals surface area contributed by atoms with Crippen LogP contribution in [0, 0.1) is 5.41 Å². The molecular formula is C10H22N2O. The second-order valence-corrected chi connectivity index (χ2v) is 5.04. The molecule has 13 heavy (non-hydrogen) atoms. The largest absolute Gasteiger partial charge is 0.368 e. The van der Waals surface area contributed by atoms with Gasteiger partial charge in [0.15, 0.2) is 0 Å². The normalized spacial score (nSPS) is 14.6. The smallest absolute Gasteiger partial charge is 0.234 e. The molecule has 3 heteroatoms. The first-order valence-corrected chi connectivity index (χ1v) is 4.78. The Hall–Kier alpha value is -0.570. The van der Waals surface area contributed by atoms with Crippen LogP contribution in [0.3, 0.4) is 0 Å². The first-order chi connectivity index (χ1) is 5.72. The molecule has 78 valence electrons. The molecule has 0 fully saturated rings. The van der Waals surface area contributed by atoms with E-state index in [9.17, 15) is 4.79 Å². The Morgan fingerprint density at radius 2 is 1.85 bits per heavy atom. The van der Waals surface area contributed by atoms with E-state index in [1.807, 2.05) is 13.8 Å². The lowest BCUT2D eigenvalue weighted by Gasteiger charge is -2.26. The van der Waals surface area contributed by atoms with Gasteiger partial charge in [0, 0.05) is 6.04 Å². The zero-order valence-corrected chi connectivity index (χ0v) is 9.35. The van der Waals surface area contributed by atoms with E-state index in [4.69, 9.17) is 5.73 Å². The molecule has 0 aromatic rings. The van der Waals surface area contributed by atoms with Crippen molar-refractivity contribution in [2.75, 3.05) is 0 Å². The van der Waals surface area contributed by atoms with Gasteiger partial charge in [-0.2, -0.15) is 0 Å². The van der Waals surface area contributed by atoms with E-state index in [-0.39, 0.29) is 17.4 Å². The van der Waals surface area contributed by atoms with Crippen LogP contribution in [-0.2, 0) is 4.79 Å². The summed E-state index contributed by atoms with van der Waals surface area (Å²) in [6, 6.07) is 0.0832. The third-order valence-corrected chi connectivity index (χ3v) is 1.69. The van der Waals surface area contributed by atoms with Gasteiger partial charge >= 0.3 is 0 Å². The Kier molecular flexibility index (Phi) is 4.40. The summed E-state index contributed by atoms with van der Waals surface area (Å²) in [5.74, 6) is -0.261. The first kappa shape index (κ1) is 12.4. The second kappa shape index (κ2) is 4.61. The number of hydrogen-bond donors (Lipinski definition) is 2. The van der Waals surface area contributed by atoms with Crippen LogP contribution in [0.4, 0.5) is 0 Å². The Morgan fingerprint density at radius 1 is 1.38 bits per heavy atom. The molecule has 3 N–H and O–H groups in total. The molecule has 1 atom stereocenters. The van der Waals surface area contributed by atoms with Gasteiger partial charge in [-0.15, -0.1) is 0 Å². The number of carbonyl (C=O) groups is 1. The van der Waals surface area contributed by atoms with Crippen LogP contribution in [-0.4, -0.2) is 18.0 Å². The summed E-state index contributed by atoms with van der Waals surface area (Å²) in [4.78, 5) is 11.1. The molecule has 0 heterocycles. The van der Waals surface area contributed by atoms with E-state index in [0.717, 1.165) is 6.42 Å². The molecule has 0 spiro atoms. The zero-order chi connectivity index (χ0) is 10.6. The lowest BCUT2D eigenvalue weighted by Crippen LogP contribution is -2.46. The number of amides is 1. The molecular weight excluding hydrogens is 164 g/mol. The average Bonchev–Trinajstić information content (AvgIpc) is 1.81. The summed E-state index contributed by atoms with van der Waals surface area (Å²) in [5, 5.41) is 3.16. The van der Waals surface area contributed by atoms with Crippen molar-refractivity contribution < 1.29 is 4.79 Å². The minimum atomic E-state index is -0.261. The molecule has 0 radical (unpaired) electrons. The van der Waals surface area contributed by atoms with Gasteiger partial charge in [0.2, 0.25) is 5.91 Å². The Balaban J connectivity index is 4.19. The number of carbonyl (C=O) groups excluding carboxylic acids is 1. The third-order valence-electron chi connectivity index (χ3n) is 1.69. The van der Waals surface area contributed by atoms with Gasteiger partial charge in [0.1, 0.15) is 0 Å². The monoisotopic (exact) mass is 186 g/mol. The molecule has 0 saturated carbocycles. The van der Waals surface area contributed by atoms with Crippen molar-refractivity contribution in [3.8, 4) is 0 Å². The van der Waals surface area contributed by atoms with Crippen LogP contribution in [0.1, 0.15) is 41.0 Å². The number of hydrogen-bond acceptors (Lipinski definition) is 2. The van der Waals surface area contributed by atoms with Crippen molar-refractivity contribution in [3.05, 3.63) is 0 Å². The lowest BCUT2D eigenvalue weighted by atomic mass is 9.87. The van der Waals surface area contributed by atoms with Gasteiger partial charge in [-0.1, -0.05) is 34.6 Å². The molecule has 0 bridgehead atoms. The highest BCUT2D eigenvalue weighted by molar-refractivity contribution is 5.79. The van der Waals surface area contributed by atoms with E-state index < -0.39 is 0 Å². The summed E-state index contributed by atoms with van der Waals surface area (Å²) in [5.41, 5.74) is 5.42.